The van der Waals surface area contributed by atoms with Crippen molar-refractivity contribution >= 4 is 29.3 Å². The van der Waals surface area contributed by atoms with Crippen LogP contribution in [0.3, 0.4) is 0 Å². The summed E-state index contributed by atoms with van der Waals surface area (Å²) in [5.41, 5.74) is 11.6. The molecule has 0 aliphatic heterocycles. The van der Waals surface area contributed by atoms with Crippen molar-refractivity contribution in [2.75, 3.05) is 0 Å². The summed E-state index contributed by atoms with van der Waals surface area (Å²) in [6, 6.07) is 0.308. The number of carbonyl (C=O) groups is 1. The Balaban J connectivity index is 3.66. The first-order valence-electron chi connectivity index (χ1n) is 4.98. The minimum absolute atomic E-state index is 0.308. The van der Waals surface area contributed by atoms with Crippen molar-refractivity contribution in [2.24, 2.45) is 27.2 Å². The molecule has 0 amide bonds. The van der Waals surface area contributed by atoms with Crippen LogP contribution < -0.4 is 17.2 Å². The Morgan fingerprint density at radius 2 is 1.86 bits per heavy atom. The second-order valence-corrected chi connectivity index (χ2v) is 3.49. The van der Waals surface area contributed by atoms with Crippen LogP contribution in [-0.4, -0.2) is 27.9 Å². The first-order chi connectivity index (χ1) is 9.65. The van der Waals surface area contributed by atoms with E-state index >= 15 is 0 Å². The molecule has 0 radical (unpaired) electrons. The number of hydrogen-bond acceptors (Lipinski definition) is 4. The number of nitrogens with two attached hydrogens (primary N) is 3. The van der Waals surface area contributed by atoms with Crippen LogP contribution in [0.5, 0.6) is 0 Å². The minimum Gasteiger partial charge on any atom is -0.478 e. The summed E-state index contributed by atoms with van der Waals surface area (Å²) in [5, 5.41) is 19.4. The summed E-state index contributed by atoms with van der Waals surface area (Å²) >= 11 is 0. The Labute approximate surface area is 114 Å². The largest absolute Gasteiger partial charge is 0.478 e. The highest BCUT2D eigenvalue weighted by Crippen LogP contribution is 2.34. The smallest absolute Gasteiger partial charge is 0.339 e. The summed E-state index contributed by atoms with van der Waals surface area (Å²) in [7, 11) is 0. The average Bonchev–Trinajstić information content (AvgIpc) is 2.33. The van der Waals surface area contributed by atoms with E-state index in [0.717, 1.165) is 0 Å². The molecule has 10 nitrogen and oxygen atoms in total. The van der Waals surface area contributed by atoms with Gasteiger partial charge in [0, 0.05) is 6.07 Å². The molecule has 12 heteroatoms. The predicted octanol–water partition coefficient (Wildman–Crippen LogP) is -0.209. The molecule has 7 N–H and O–H groups in total. The van der Waals surface area contributed by atoms with Crippen LogP contribution >= 0.6 is 0 Å². The Morgan fingerprint density at radius 3 is 2.29 bits per heavy atom. The maximum Gasteiger partial charge on any atom is 0.339 e. The number of hydrogen-bond donors (Lipinski definition) is 4. The number of halogens is 2. The van der Waals surface area contributed by atoms with Gasteiger partial charge in [-0.1, -0.05) is 0 Å². The van der Waals surface area contributed by atoms with Gasteiger partial charge in [0.2, 0.25) is 5.96 Å². The van der Waals surface area contributed by atoms with Crippen LogP contribution in [0.15, 0.2) is 16.1 Å². The van der Waals surface area contributed by atoms with E-state index in [1.807, 2.05) is 0 Å². The molecule has 0 bridgehead atoms. The van der Waals surface area contributed by atoms with Crippen molar-refractivity contribution in [1.29, 1.82) is 0 Å². The van der Waals surface area contributed by atoms with Crippen molar-refractivity contribution in [1.82, 2.24) is 0 Å². The fraction of sp³-hybridized carbons (Fsp3) is 0. The first kappa shape index (κ1) is 15.7. The van der Waals surface area contributed by atoms with Gasteiger partial charge in [0.15, 0.2) is 23.3 Å². The van der Waals surface area contributed by atoms with Gasteiger partial charge < -0.3 is 22.3 Å². The van der Waals surface area contributed by atoms with E-state index in [9.17, 15) is 23.7 Å². The van der Waals surface area contributed by atoms with E-state index in [2.05, 4.69) is 9.98 Å². The summed E-state index contributed by atoms with van der Waals surface area (Å²) < 4.78 is 27.2. The van der Waals surface area contributed by atoms with E-state index in [1.54, 1.807) is 0 Å². The van der Waals surface area contributed by atoms with E-state index in [1.165, 1.54) is 0 Å². The van der Waals surface area contributed by atoms with Crippen LogP contribution in [0.25, 0.3) is 0 Å². The number of rotatable bonds is 3. The monoisotopic (exact) mass is 302 g/mol. The van der Waals surface area contributed by atoms with Gasteiger partial charge in [0.1, 0.15) is 5.56 Å². The van der Waals surface area contributed by atoms with Crippen molar-refractivity contribution in [3.8, 4) is 0 Å². The van der Waals surface area contributed by atoms with Crippen LogP contribution in [0.2, 0.25) is 0 Å². The zero-order valence-electron chi connectivity index (χ0n) is 10.1. The molecule has 0 aliphatic carbocycles. The SMILES string of the molecule is NC(N)=NC(N)=Nc1c([N+](=O)[O-])cc(C(=O)O)c(F)c1F. The van der Waals surface area contributed by atoms with Gasteiger partial charge in [0.05, 0.1) is 4.92 Å². The highest BCUT2D eigenvalue weighted by atomic mass is 19.2. The highest BCUT2D eigenvalue weighted by molar-refractivity contribution is 5.95. The fourth-order valence-electron chi connectivity index (χ4n) is 1.28. The summed E-state index contributed by atoms with van der Waals surface area (Å²) in [6.07, 6.45) is 0. The third-order valence-electron chi connectivity index (χ3n) is 2.06. The van der Waals surface area contributed by atoms with E-state index in [4.69, 9.17) is 22.3 Å². The molecule has 0 heterocycles. The number of nitrogens with zero attached hydrogens (tertiary/aromatic N) is 3. The number of nitro groups is 1. The molecule has 0 saturated heterocycles. The number of carboxylic acids is 1. The lowest BCUT2D eigenvalue weighted by Gasteiger charge is -2.04. The average molecular weight is 302 g/mol. The number of aliphatic imine (C=N–C) groups is 2. The number of benzene rings is 1. The van der Waals surface area contributed by atoms with Crippen LogP contribution in [0, 0.1) is 21.7 Å². The van der Waals surface area contributed by atoms with E-state index in [0.29, 0.717) is 6.07 Å². The Kier molecular flexibility index (Phi) is 4.32. The molecule has 0 aliphatic rings. The van der Waals surface area contributed by atoms with Crippen molar-refractivity contribution < 1.29 is 23.6 Å². The molecule has 1 aromatic carbocycles. The Hall–Kier alpha value is -3.31. The van der Waals surface area contributed by atoms with Gasteiger partial charge >= 0.3 is 5.97 Å². The molecular weight excluding hydrogens is 294 g/mol. The van der Waals surface area contributed by atoms with Gasteiger partial charge in [-0.3, -0.25) is 10.1 Å². The highest BCUT2D eigenvalue weighted by Gasteiger charge is 2.28. The molecule has 1 rings (SSSR count). The summed E-state index contributed by atoms with van der Waals surface area (Å²) in [6.45, 7) is 0. The quantitative estimate of drug-likeness (QED) is 0.257. The zero-order chi connectivity index (χ0) is 16.3. The molecule has 0 aromatic heterocycles. The molecule has 0 spiro atoms. The Morgan fingerprint density at radius 1 is 1.29 bits per heavy atom. The summed E-state index contributed by atoms with van der Waals surface area (Å²) in [5.74, 6) is -6.93. The van der Waals surface area contributed by atoms with Crippen molar-refractivity contribution in [2.45, 2.75) is 0 Å². The zero-order valence-corrected chi connectivity index (χ0v) is 10.1. The van der Waals surface area contributed by atoms with Crippen LogP contribution in [-0.2, 0) is 0 Å². The number of guanidine groups is 2. The number of nitro benzene ring substituents is 1. The number of carboxylic acid groups (broad SMARTS) is 1. The molecule has 1 aromatic rings. The van der Waals surface area contributed by atoms with Gasteiger partial charge in [-0.2, -0.15) is 4.99 Å². The second-order valence-electron chi connectivity index (χ2n) is 3.49. The van der Waals surface area contributed by atoms with E-state index < -0.39 is 51.4 Å². The molecule has 0 unspecified atom stereocenters. The third-order valence-corrected chi connectivity index (χ3v) is 2.06. The maximum atomic E-state index is 13.7. The lowest BCUT2D eigenvalue weighted by atomic mass is 10.1. The maximum absolute atomic E-state index is 13.7. The van der Waals surface area contributed by atoms with Gasteiger partial charge in [-0.05, 0) is 0 Å². The molecule has 0 atom stereocenters. The van der Waals surface area contributed by atoms with Gasteiger partial charge in [-0.15, -0.1) is 0 Å². The van der Waals surface area contributed by atoms with Gasteiger partial charge in [-0.25, -0.2) is 18.6 Å². The topological polar surface area (TPSA) is 183 Å². The minimum atomic E-state index is -1.89. The molecule has 0 saturated carbocycles. The summed E-state index contributed by atoms with van der Waals surface area (Å²) in [4.78, 5) is 26.7. The Bertz CT molecular complexity index is 683. The lowest BCUT2D eigenvalue weighted by Crippen LogP contribution is -2.26. The van der Waals surface area contributed by atoms with Crippen LogP contribution in [0.1, 0.15) is 10.4 Å². The second kappa shape index (κ2) is 5.77. The standard InChI is InChI=1S/C9H8F2N6O4/c10-4-2(7(18)19)1-3(17(20)21)6(5(4)11)15-9(14)16-8(12)13/h1H,(H,18,19)(H6,12,13,14,15,16). The van der Waals surface area contributed by atoms with E-state index in [-0.39, 0.29) is 0 Å². The molecule has 0 fully saturated rings. The first-order valence-corrected chi connectivity index (χ1v) is 4.98. The van der Waals surface area contributed by atoms with Crippen molar-refractivity contribution in [3.63, 3.8) is 0 Å². The normalized spacial score (nSPS) is 11.0. The lowest BCUT2D eigenvalue weighted by molar-refractivity contribution is -0.384. The van der Waals surface area contributed by atoms with Crippen LogP contribution in [0.4, 0.5) is 20.2 Å². The molecule has 21 heavy (non-hydrogen) atoms. The fourth-order valence-corrected chi connectivity index (χ4v) is 1.28. The molecule has 112 valence electrons. The third kappa shape index (κ3) is 3.37. The number of aromatic carboxylic acids is 1. The van der Waals surface area contributed by atoms with Crippen molar-refractivity contribution in [3.05, 3.63) is 33.4 Å². The van der Waals surface area contributed by atoms with Gasteiger partial charge in [0.25, 0.3) is 5.69 Å². The predicted molar refractivity (Wildman–Crippen MR) is 67.1 cm³/mol. The molecular formula is C9H8F2N6O4.